The molecule has 1 aliphatic rings. The maximum absolute atomic E-state index is 3.71. The second-order valence-electron chi connectivity index (χ2n) is 6.37. The lowest BCUT2D eigenvalue weighted by molar-refractivity contribution is 0.247. The van der Waals surface area contributed by atoms with Crippen molar-refractivity contribution in [2.75, 3.05) is 12.3 Å². The van der Waals surface area contributed by atoms with Crippen molar-refractivity contribution in [2.45, 2.75) is 71.6 Å². The Morgan fingerprint density at radius 3 is 2.44 bits per heavy atom. The van der Waals surface area contributed by atoms with E-state index in [2.05, 4.69) is 51.7 Å². The van der Waals surface area contributed by atoms with Crippen LogP contribution in [-0.2, 0) is 0 Å². The Morgan fingerprint density at radius 2 is 1.89 bits per heavy atom. The number of rotatable bonds is 7. The predicted molar refractivity (Wildman–Crippen MR) is 85.3 cm³/mol. The molecule has 1 N–H and O–H groups in total. The van der Waals surface area contributed by atoms with E-state index in [1.165, 1.54) is 31.4 Å². The Kier molecular flexibility index (Phi) is 7.70. The first-order chi connectivity index (χ1) is 8.58. The van der Waals surface area contributed by atoms with Gasteiger partial charge in [-0.1, -0.05) is 41.0 Å². The first kappa shape index (κ1) is 16.4. The highest BCUT2D eigenvalue weighted by Gasteiger charge is 2.31. The van der Waals surface area contributed by atoms with Gasteiger partial charge in [0.2, 0.25) is 0 Å². The Bertz CT molecular complexity index is 217. The van der Waals surface area contributed by atoms with Gasteiger partial charge in [-0.2, -0.15) is 11.8 Å². The molecule has 4 unspecified atom stereocenters. The minimum absolute atomic E-state index is 0.763. The number of thioether (sulfide) groups is 1. The maximum Gasteiger partial charge on any atom is 0.0204 e. The van der Waals surface area contributed by atoms with Crippen molar-refractivity contribution < 1.29 is 0 Å². The molecule has 1 rings (SSSR count). The molecule has 2 heteroatoms. The summed E-state index contributed by atoms with van der Waals surface area (Å²) in [6, 6.07) is 0.763. The van der Waals surface area contributed by atoms with Crippen LogP contribution in [0, 0.1) is 17.8 Å². The molecule has 1 saturated carbocycles. The second kappa shape index (κ2) is 8.47. The lowest BCUT2D eigenvalue weighted by Gasteiger charge is -2.38. The van der Waals surface area contributed by atoms with E-state index in [0.29, 0.717) is 0 Å². The summed E-state index contributed by atoms with van der Waals surface area (Å²) in [6.07, 6.45) is 5.56. The van der Waals surface area contributed by atoms with Gasteiger partial charge in [0.05, 0.1) is 0 Å². The fourth-order valence-electron chi connectivity index (χ4n) is 2.85. The van der Waals surface area contributed by atoms with Gasteiger partial charge >= 0.3 is 0 Å². The van der Waals surface area contributed by atoms with E-state index >= 15 is 0 Å². The molecule has 0 spiro atoms. The maximum atomic E-state index is 3.71. The summed E-state index contributed by atoms with van der Waals surface area (Å²) in [6.45, 7) is 12.9. The van der Waals surface area contributed by atoms with Crippen molar-refractivity contribution in [3.8, 4) is 0 Å². The van der Waals surface area contributed by atoms with E-state index in [0.717, 1.165) is 35.6 Å². The highest BCUT2D eigenvalue weighted by Crippen LogP contribution is 2.37. The van der Waals surface area contributed by atoms with Crippen molar-refractivity contribution in [2.24, 2.45) is 17.8 Å². The van der Waals surface area contributed by atoms with E-state index in [-0.39, 0.29) is 0 Å². The standard InChI is InChI=1S/C16H33NS/c1-6-13(5)11-18-16-10-14(12(3)4)8-9-15(16)17-7-2/h12-17H,6-11H2,1-5H3. The Labute approximate surface area is 119 Å². The largest absolute Gasteiger partial charge is 0.313 e. The molecule has 0 heterocycles. The summed E-state index contributed by atoms with van der Waals surface area (Å²) in [7, 11) is 0. The van der Waals surface area contributed by atoms with Crippen LogP contribution in [0.5, 0.6) is 0 Å². The van der Waals surface area contributed by atoms with Crippen LogP contribution in [0.3, 0.4) is 0 Å². The summed E-state index contributed by atoms with van der Waals surface area (Å²) in [5.74, 6) is 4.03. The van der Waals surface area contributed by atoms with Crippen molar-refractivity contribution in [3.63, 3.8) is 0 Å². The SMILES string of the molecule is CCNC1CCC(C(C)C)CC1SCC(C)CC. The van der Waals surface area contributed by atoms with Gasteiger partial charge in [-0.3, -0.25) is 0 Å². The molecule has 0 aromatic carbocycles. The zero-order valence-electron chi connectivity index (χ0n) is 13.0. The highest BCUT2D eigenvalue weighted by molar-refractivity contribution is 7.99. The highest BCUT2D eigenvalue weighted by atomic mass is 32.2. The van der Waals surface area contributed by atoms with Crippen LogP contribution in [-0.4, -0.2) is 23.6 Å². The lowest BCUT2D eigenvalue weighted by atomic mass is 9.79. The number of hydrogen-bond donors (Lipinski definition) is 1. The molecule has 1 nitrogen and oxygen atoms in total. The zero-order valence-corrected chi connectivity index (χ0v) is 13.9. The molecule has 0 saturated heterocycles. The van der Waals surface area contributed by atoms with Gasteiger partial charge in [-0.25, -0.2) is 0 Å². The summed E-state index contributed by atoms with van der Waals surface area (Å²) < 4.78 is 0. The summed E-state index contributed by atoms with van der Waals surface area (Å²) in [5.41, 5.74) is 0. The molecule has 18 heavy (non-hydrogen) atoms. The van der Waals surface area contributed by atoms with Crippen LogP contribution in [0.25, 0.3) is 0 Å². The molecule has 0 amide bonds. The molecule has 1 fully saturated rings. The van der Waals surface area contributed by atoms with Crippen LogP contribution in [0.4, 0.5) is 0 Å². The smallest absolute Gasteiger partial charge is 0.0204 e. The molecule has 1 aliphatic carbocycles. The summed E-state index contributed by atoms with van der Waals surface area (Å²) in [5, 5.41) is 4.56. The molecular weight excluding hydrogens is 238 g/mol. The van der Waals surface area contributed by atoms with Crippen molar-refractivity contribution in [1.29, 1.82) is 0 Å². The molecule has 0 radical (unpaired) electrons. The minimum Gasteiger partial charge on any atom is -0.313 e. The predicted octanol–water partition coefficient (Wildman–Crippen LogP) is 4.57. The molecule has 108 valence electrons. The van der Waals surface area contributed by atoms with Gasteiger partial charge in [-0.05, 0) is 49.3 Å². The molecule has 0 aromatic heterocycles. The van der Waals surface area contributed by atoms with Gasteiger partial charge in [0, 0.05) is 11.3 Å². The van der Waals surface area contributed by atoms with Crippen LogP contribution in [0.1, 0.15) is 60.3 Å². The molecule has 4 atom stereocenters. The first-order valence-corrected chi connectivity index (χ1v) is 8.98. The quantitative estimate of drug-likeness (QED) is 0.728. The van der Waals surface area contributed by atoms with Gasteiger partial charge < -0.3 is 5.32 Å². The van der Waals surface area contributed by atoms with Crippen molar-refractivity contribution >= 4 is 11.8 Å². The normalized spacial score (nSPS) is 30.7. The second-order valence-corrected chi connectivity index (χ2v) is 7.64. The van der Waals surface area contributed by atoms with E-state index in [9.17, 15) is 0 Å². The zero-order chi connectivity index (χ0) is 13.5. The van der Waals surface area contributed by atoms with Crippen molar-refractivity contribution in [1.82, 2.24) is 5.32 Å². The van der Waals surface area contributed by atoms with Gasteiger partial charge in [0.15, 0.2) is 0 Å². The van der Waals surface area contributed by atoms with E-state index in [1.54, 1.807) is 0 Å². The lowest BCUT2D eigenvalue weighted by Crippen LogP contribution is -2.43. The average molecular weight is 272 g/mol. The third kappa shape index (κ3) is 5.13. The van der Waals surface area contributed by atoms with Gasteiger partial charge in [0.25, 0.3) is 0 Å². The van der Waals surface area contributed by atoms with Gasteiger partial charge in [0.1, 0.15) is 0 Å². The minimum atomic E-state index is 0.763. The summed E-state index contributed by atoms with van der Waals surface area (Å²) >= 11 is 2.24. The fraction of sp³-hybridized carbons (Fsp3) is 1.00. The average Bonchev–Trinajstić information content (AvgIpc) is 2.37. The van der Waals surface area contributed by atoms with Crippen LogP contribution < -0.4 is 5.32 Å². The topological polar surface area (TPSA) is 12.0 Å². The summed E-state index contributed by atoms with van der Waals surface area (Å²) in [4.78, 5) is 0. The molecular formula is C16H33NS. The first-order valence-electron chi connectivity index (χ1n) is 7.93. The van der Waals surface area contributed by atoms with E-state index in [1.807, 2.05) is 0 Å². The Hall–Kier alpha value is 0.310. The van der Waals surface area contributed by atoms with E-state index < -0.39 is 0 Å². The fourth-order valence-corrected chi connectivity index (χ4v) is 4.51. The monoisotopic (exact) mass is 271 g/mol. The Balaban J connectivity index is 2.49. The van der Waals surface area contributed by atoms with Crippen LogP contribution in [0.2, 0.25) is 0 Å². The third-order valence-corrected chi connectivity index (χ3v) is 6.24. The molecule has 0 bridgehead atoms. The molecule has 0 aromatic rings. The van der Waals surface area contributed by atoms with Crippen LogP contribution in [0.15, 0.2) is 0 Å². The van der Waals surface area contributed by atoms with Gasteiger partial charge in [-0.15, -0.1) is 0 Å². The number of nitrogens with one attached hydrogen (secondary N) is 1. The number of hydrogen-bond acceptors (Lipinski definition) is 2. The molecule has 0 aliphatic heterocycles. The third-order valence-electron chi connectivity index (χ3n) is 4.53. The van der Waals surface area contributed by atoms with Crippen LogP contribution >= 0.6 is 11.8 Å². The van der Waals surface area contributed by atoms with E-state index in [4.69, 9.17) is 0 Å². The Morgan fingerprint density at radius 1 is 1.17 bits per heavy atom. The van der Waals surface area contributed by atoms with Crippen molar-refractivity contribution in [3.05, 3.63) is 0 Å².